The fourth-order valence-electron chi connectivity index (χ4n) is 1.56. The van der Waals surface area contributed by atoms with Crippen molar-refractivity contribution in [1.29, 1.82) is 0 Å². The summed E-state index contributed by atoms with van der Waals surface area (Å²) in [5.41, 5.74) is 6.32. The van der Waals surface area contributed by atoms with Gasteiger partial charge in [0.25, 0.3) is 0 Å². The van der Waals surface area contributed by atoms with E-state index < -0.39 is 12.0 Å². The molecule has 3 N–H and O–H groups in total. The number of carbonyl (C=O) groups is 1. The number of rotatable bonds is 6. The number of nitrogens with two attached hydrogens (primary N) is 1. The fraction of sp³-hybridized carbons (Fsp3) is 0.462. The third-order valence-corrected chi connectivity index (χ3v) is 3.19. The lowest BCUT2D eigenvalue weighted by Crippen LogP contribution is -2.32. The van der Waals surface area contributed by atoms with Crippen LogP contribution in [0.4, 0.5) is 0 Å². The summed E-state index contributed by atoms with van der Waals surface area (Å²) in [6.07, 6.45) is 0.213. The number of benzene rings is 1. The van der Waals surface area contributed by atoms with Crippen LogP contribution in [0.2, 0.25) is 0 Å². The summed E-state index contributed by atoms with van der Waals surface area (Å²) in [6.45, 7) is 3.81. The Hall–Kier alpha value is -1.27. The lowest BCUT2D eigenvalue weighted by molar-refractivity contribution is -0.138. The highest BCUT2D eigenvalue weighted by Crippen LogP contribution is 2.34. The summed E-state index contributed by atoms with van der Waals surface area (Å²) in [6, 6.07) is 2.56. The number of aliphatic carboxylic acids is 1. The van der Waals surface area contributed by atoms with Crippen LogP contribution in [-0.4, -0.2) is 30.3 Å². The molecule has 0 saturated carbocycles. The van der Waals surface area contributed by atoms with E-state index in [1.165, 1.54) is 0 Å². The Kier molecular flexibility index (Phi) is 5.62. The van der Waals surface area contributed by atoms with Gasteiger partial charge in [-0.1, -0.05) is 15.9 Å². The van der Waals surface area contributed by atoms with Gasteiger partial charge in [-0.05, 0) is 38.0 Å². The van der Waals surface area contributed by atoms with Gasteiger partial charge in [0.05, 0.1) is 13.2 Å². The van der Waals surface area contributed by atoms with E-state index >= 15 is 0 Å². The Morgan fingerprint density at radius 1 is 1.42 bits per heavy atom. The minimum atomic E-state index is -1.03. The van der Waals surface area contributed by atoms with Crippen LogP contribution in [0.25, 0.3) is 0 Å². The molecule has 106 valence electrons. The van der Waals surface area contributed by atoms with Crippen molar-refractivity contribution in [2.75, 3.05) is 7.11 Å². The average molecular weight is 332 g/mol. The Labute approximate surface area is 120 Å². The second-order valence-corrected chi connectivity index (χ2v) is 5.26. The van der Waals surface area contributed by atoms with Crippen molar-refractivity contribution >= 4 is 21.9 Å². The van der Waals surface area contributed by atoms with Crippen molar-refractivity contribution in [1.82, 2.24) is 0 Å². The average Bonchev–Trinajstić information content (AvgIpc) is 2.31. The zero-order valence-electron chi connectivity index (χ0n) is 11.1. The topological polar surface area (TPSA) is 81.8 Å². The molecule has 0 amide bonds. The second-order valence-electron chi connectivity index (χ2n) is 4.41. The largest absolute Gasteiger partial charge is 0.493 e. The van der Waals surface area contributed by atoms with Gasteiger partial charge in [-0.15, -0.1) is 0 Å². The molecule has 1 aromatic rings. The number of methoxy groups -OCH3 is 1. The molecule has 0 aromatic heterocycles. The molecule has 6 heteroatoms. The van der Waals surface area contributed by atoms with Crippen LogP contribution in [0.15, 0.2) is 16.6 Å². The summed E-state index contributed by atoms with van der Waals surface area (Å²) in [5.74, 6) is 0.135. The van der Waals surface area contributed by atoms with Gasteiger partial charge in [-0.2, -0.15) is 0 Å². The van der Waals surface area contributed by atoms with E-state index in [1.54, 1.807) is 19.2 Å². The van der Waals surface area contributed by atoms with Crippen LogP contribution in [0.3, 0.4) is 0 Å². The predicted octanol–water partition coefficient (Wildman–Crippen LogP) is 2.20. The smallest absolute Gasteiger partial charge is 0.320 e. The summed E-state index contributed by atoms with van der Waals surface area (Å²) in [4.78, 5) is 10.8. The molecule has 1 aromatic carbocycles. The van der Waals surface area contributed by atoms with Gasteiger partial charge in [-0.25, -0.2) is 0 Å². The van der Waals surface area contributed by atoms with Crippen molar-refractivity contribution < 1.29 is 19.4 Å². The first-order valence-corrected chi connectivity index (χ1v) is 6.66. The normalized spacial score (nSPS) is 12.3. The van der Waals surface area contributed by atoms with E-state index in [0.29, 0.717) is 11.5 Å². The zero-order valence-corrected chi connectivity index (χ0v) is 12.7. The predicted molar refractivity (Wildman–Crippen MR) is 75.8 cm³/mol. The Morgan fingerprint density at radius 2 is 2.05 bits per heavy atom. The molecule has 19 heavy (non-hydrogen) atoms. The number of ether oxygens (including phenoxy) is 2. The monoisotopic (exact) mass is 331 g/mol. The maximum atomic E-state index is 10.8. The van der Waals surface area contributed by atoms with E-state index in [9.17, 15) is 4.79 Å². The SMILES string of the molecule is COc1cc(Br)c(CC(N)C(=O)O)cc1OC(C)C. The number of carboxylic acids is 1. The minimum absolute atomic E-state index is 0.00364. The van der Waals surface area contributed by atoms with Crippen LogP contribution in [0.5, 0.6) is 11.5 Å². The molecule has 0 aliphatic carbocycles. The maximum Gasteiger partial charge on any atom is 0.320 e. The lowest BCUT2D eigenvalue weighted by atomic mass is 10.1. The van der Waals surface area contributed by atoms with E-state index in [2.05, 4.69) is 15.9 Å². The number of carboxylic acid groups (broad SMARTS) is 1. The molecule has 0 radical (unpaired) electrons. The van der Waals surface area contributed by atoms with E-state index in [1.807, 2.05) is 13.8 Å². The Bertz CT molecular complexity index is 462. The van der Waals surface area contributed by atoms with Gasteiger partial charge in [0.1, 0.15) is 6.04 Å². The van der Waals surface area contributed by atoms with Crippen molar-refractivity contribution in [3.8, 4) is 11.5 Å². The molecule has 0 heterocycles. The van der Waals surface area contributed by atoms with Crippen LogP contribution < -0.4 is 15.2 Å². The van der Waals surface area contributed by atoms with Crippen LogP contribution in [0, 0.1) is 0 Å². The van der Waals surface area contributed by atoms with Crippen LogP contribution >= 0.6 is 15.9 Å². The van der Waals surface area contributed by atoms with Gasteiger partial charge in [0, 0.05) is 4.47 Å². The summed E-state index contributed by atoms with van der Waals surface area (Å²) < 4.78 is 11.6. The highest BCUT2D eigenvalue weighted by atomic mass is 79.9. The molecule has 1 atom stereocenters. The first-order valence-electron chi connectivity index (χ1n) is 5.86. The Morgan fingerprint density at radius 3 is 2.53 bits per heavy atom. The third kappa shape index (κ3) is 4.40. The van der Waals surface area contributed by atoms with Crippen molar-refractivity contribution in [3.05, 3.63) is 22.2 Å². The molecule has 1 rings (SSSR count). The first kappa shape index (κ1) is 15.8. The summed E-state index contributed by atoms with van der Waals surface area (Å²) in [5, 5.41) is 8.85. The minimum Gasteiger partial charge on any atom is -0.493 e. The van der Waals surface area contributed by atoms with Gasteiger partial charge < -0.3 is 20.3 Å². The molecule has 0 fully saturated rings. The molecule has 1 unspecified atom stereocenters. The van der Waals surface area contributed by atoms with E-state index in [0.717, 1.165) is 10.0 Å². The van der Waals surface area contributed by atoms with Crippen LogP contribution in [-0.2, 0) is 11.2 Å². The van der Waals surface area contributed by atoms with Gasteiger partial charge >= 0.3 is 5.97 Å². The summed E-state index contributed by atoms with van der Waals surface area (Å²) in [7, 11) is 1.55. The molecular weight excluding hydrogens is 314 g/mol. The molecule has 0 saturated heterocycles. The van der Waals surface area contributed by atoms with Gasteiger partial charge in [0.15, 0.2) is 11.5 Å². The van der Waals surface area contributed by atoms with Crippen molar-refractivity contribution in [2.24, 2.45) is 5.73 Å². The fourth-order valence-corrected chi connectivity index (χ4v) is 2.05. The van der Waals surface area contributed by atoms with E-state index in [4.69, 9.17) is 20.3 Å². The highest BCUT2D eigenvalue weighted by Gasteiger charge is 2.17. The molecule has 0 spiro atoms. The molecule has 0 bridgehead atoms. The third-order valence-electron chi connectivity index (χ3n) is 2.45. The maximum absolute atomic E-state index is 10.8. The van der Waals surface area contributed by atoms with E-state index in [-0.39, 0.29) is 12.5 Å². The molecule has 5 nitrogen and oxygen atoms in total. The zero-order chi connectivity index (χ0) is 14.6. The van der Waals surface area contributed by atoms with Crippen molar-refractivity contribution in [3.63, 3.8) is 0 Å². The number of hydrogen-bond acceptors (Lipinski definition) is 4. The number of hydrogen-bond donors (Lipinski definition) is 2. The Balaban J connectivity index is 3.08. The second kappa shape index (κ2) is 6.77. The quantitative estimate of drug-likeness (QED) is 0.835. The van der Waals surface area contributed by atoms with Crippen molar-refractivity contribution in [2.45, 2.75) is 32.4 Å². The summed E-state index contributed by atoms with van der Waals surface area (Å²) >= 11 is 3.38. The van der Waals surface area contributed by atoms with Gasteiger partial charge in [0.2, 0.25) is 0 Å². The van der Waals surface area contributed by atoms with Crippen LogP contribution in [0.1, 0.15) is 19.4 Å². The number of halogens is 1. The standard InChI is InChI=1S/C13H18BrNO4/c1-7(2)19-12-5-8(4-10(15)13(16)17)9(14)6-11(12)18-3/h5-7,10H,4,15H2,1-3H3,(H,16,17). The highest BCUT2D eigenvalue weighted by molar-refractivity contribution is 9.10. The first-order chi connectivity index (χ1) is 8.85. The van der Waals surface area contributed by atoms with Gasteiger partial charge in [-0.3, -0.25) is 4.79 Å². The lowest BCUT2D eigenvalue weighted by Gasteiger charge is -2.17. The molecular formula is C13H18BrNO4. The molecule has 0 aliphatic rings. The molecule has 0 aliphatic heterocycles.